The summed E-state index contributed by atoms with van der Waals surface area (Å²) in [5, 5.41) is 5.62. The van der Waals surface area contributed by atoms with Gasteiger partial charge in [0.2, 0.25) is 11.8 Å². The Balaban J connectivity index is 1.25. The van der Waals surface area contributed by atoms with E-state index in [0.717, 1.165) is 19.3 Å². The zero-order valence-electron chi connectivity index (χ0n) is 15.8. The van der Waals surface area contributed by atoms with E-state index in [4.69, 9.17) is 0 Å². The van der Waals surface area contributed by atoms with Crippen molar-refractivity contribution in [3.8, 4) is 5.75 Å². The molecule has 0 atom stereocenters. The zero-order valence-corrected chi connectivity index (χ0v) is 15.8. The van der Waals surface area contributed by atoms with E-state index in [-0.39, 0.29) is 35.9 Å². The number of hydrogen-bond donors (Lipinski definition) is 2. The number of carbonyl (C=O) groups is 2. The molecule has 0 heterocycles. The Labute approximate surface area is 163 Å². The molecule has 0 spiro atoms. The van der Waals surface area contributed by atoms with E-state index in [1.807, 2.05) is 0 Å². The van der Waals surface area contributed by atoms with Crippen LogP contribution in [0, 0.1) is 23.2 Å². The molecule has 1 aromatic carbocycles. The van der Waals surface area contributed by atoms with Crippen molar-refractivity contribution in [3.63, 3.8) is 0 Å². The number of amides is 2. The molecule has 0 aromatic heterocycles. The van der Waals surface area contributed by atoms with E-state index in [9.17, 15) is 18.4 Å². The van der Waals surface area contributed by atoms with Crippen LogP contribution in [-0.4, -0.2) is 25.0 Å². The molecule has 0 unspecified atom stereocenters. The van der Waals surface area contributed by atoms with Crippen molar-refractivity contribution < 1.29 is 23.1 Å². The Hall–Kier alpha value is -2.18. The minimum absolute atomic E-state index is 0.0112. The Morgan fingerprint density at radius 3 is 2.36 bits per heavy atom. The Morgan fingerprint density at radius 2 is 1.75 bits per heavy atom. The van der Waals surface area contributed by atoms with Gasteiger partial charge in [-0.2, -0.15) is 8.78 Å². The van der Waals surface area contributed by atoms with Crippen molar-refractivity contribution in [1.82, 2.24) is 5.32 Å². The fourth-order valence-corrected chi connectivity index (χ4v) is 5.84. The van der Waals surface area contributed by atoms with E-state index < -0.39 is 6.61 Å². The standard InChI is InChI=1S/C21H26F2N2O3/c22-20(23)28-17-3-1-2-16(9-17)25-18(26)4-5-24-19(27)21-10-13-6-14(11-21)8-15(7-13)12-21/h1-3,9,13-15,20H,4-8,10-12H2,(H,24,27)(H,25,26). The third kappa shape index (κ3) is 4.13. The molecular formula is C21H26F2N2O3. The summed E-state index contributed by atoms with van der Waals surface area (Å²) in [6, 6.07) is 5.87. The summed E-state index contributed by atoms with van der Waals surface area (Å²) in [4.78, 5) is 25.0. The maximum Gasteiger partial charge on any atom is 0.387 e. The number of anilines is 1. The van der Waals surface area contributed by atoms with Gasteiger partial charge in [0.05, 0.1) is 0 Å². The number of nitrogens with one attached hydrogen (secondary N) is 2. The van der Waals surface area contributed by atoms with Crippen LogP contribution in [0.3, 0.4) is 0 Å². The minimum Gasteiger partial charge on any atom is -0.435 e. The topological polar surface area (TPSA) is 67.4 Å². The van der Waals surface area contributed by atoms with E-state index in [2.05, 4.69) is 15.4 Å². The van der Waals surface area contributed by atoms with Crippen molar-refractivity contribution in [2.45, 2.75) is 51.6 Å². The molecule has 152 valence electrons. The number of benzene rings is 1. The van der Waals surface area contributed by atoms with Gasteiger partial charge in [-0.05, 0) is 68.4 Å². The number of ether oxygens (including phenoxy) is 1. The molecular weight excluding hydrogens is 366 g/mol. The van der Waals surface area contributed by atoms with E-state index in [1.165, 1.54) is 37.5 Å². The van der Waals surface area contributed by atoms with Crippen LogP contribution < -0.4 is 15.4 Å². The van der Waals surface area contributed by atoms with Gasteiger partial charge in [0.25, 0.3) is 0 Å². The lowest BCUT2D eigenvalue weighted by molar-refractivity contribution is -0.146. The molecule has 2 amide bonds. The van der Waals surface area contributed by atoms with Crippen LogP contribution in [-0.2, 0) is 9.59 Å². The summed E-state index contributed by atoms with van der Waals surface area (Å²) >= 11 is 0. The highest BCUT2D eigenvalue weighted by Gasteiger charge is 2.54. The van der Waals surface area contributed by atoms with Crippen molar-refractivity contribution in [1.29, 1.82) is 0 Å². The molecule has 2 N–H and O–H groups in total. The molecule has 0 radical (unpaired) electrons. The summed E-state index contributed by atoms with van der Waals surface area (Å²) in [6.45, 7) is -2.63. The van der Waals surface area contributed by atoms with Gasteiger partial charge in [0.1, 0.15) is 5.75 Å². The first-order chi connectivity index (χ1) is 13.4. The van der Waals surface area contributed by atoms with Crippen LogP contribution in [0.4, 0.5) is 14.5 Å². The first-order valence-electron chi connectivity index (χ1n) is 10.0. The smallest absolute Gasteiger partial charge is 0.387 e. The second-order valence-corrected chi connectivity index (χ2v) is 8.66. The molecule has 5 rings (SSSR count). The first kappa shape index (κ1) is 19.2. The number of halogens is 2. The van der Waals surface area contributed by atoms with Crippen LogP contribution >= 0.6 is 0 Å². The van der Waals surface area contributed by atoms with Gasteiger partial charge in [-0.1, -0.05) is 6.07 Å². The first-order valence-corrected chi connectivity index (χ1v) is 10.0. The average molecular weight is 392 g/mol. The predicted octanol–water partition coefficient (Wildman–Crippen LogP) is 3.95. The summed E-state index contributed by atoms with van der Waals surface area (Å²) < 4.78 is 28.9. The molecule has 4 saturated carbocycles. The second kappa shape index (κ2) is 7.68. The summed E-state index contributed by atoms with van der Waals surface area (Å²) in [7, 11) is 0. The molecule has 4 fully saturated rings. The van der Waals surface area contributed by atoms with Crippen LogP contribution in [0.5, 0.6) is 5.75 Å². The third-order valence-electron chi connectivity index (χ3n) is 6.50. The third-order valence-corrected chi connectivity index (χ3v) is 6.50. The minimum atomic E-state index is -2.91. The van der Waals surface area contributed by atoms with Crippen LogP contribution in [0.1, 0.15) is 44.9 Å². The molecule has 0 saturated heterocycles. The highest BCUT2D eigenvalue weighted by atomic mass is 19.3. The number of alkyl halides is 2. The summed E-state index contributed by atoms with van der Waals surface area (Å²) in [6.07, 6.45) is 6.96. The molecule has 7 heteroatoms. The molecule has 1 aromatic rings. The van der Waals surface area contributed by atoms with Crippen molar-refractivity contribution in [3.05, 3.63) is 24.3 Å². The van der Waals surface area contributed by atoms with E-state index in [0.29, 0.717) is 23.4 Å². The van der Waals surface area contributed by atoms with Crippen LogP contribution in [0.15, 0.2) is 24.3 Å². The lowest BCUT2D eigenvalue weighted by Gasteiger charge is -2.55. The second-order valence-electron chi connectivity index (χ2n) is 8.66. The molecule has 5 nitrogen and oxygen atoms in total. The number of carbonyl (C=O) groups excluding carboxylic acids is 2. The lowest BCUT2D eigenvalue weighted by Crippen LogP contribution is -2.53. The maximum atomic E-state index is 12.9. The van der Waals surface area contributed by atoms with Gasteiger partial charge in [-0.25, -0.2) is 0 Å². The van der Waals surface area contributed by atoms with Gasteiger partial charge in [0, 0.05) is 30.1 Å². The van der Waals surface area contributed by atoms with Gasteiger partial charge in [0.15, 0.2) is 0 Å². The van der Waals surface area contributed by atoms with Crippen molar-refractivity contribution in [2.24, 2.45) is 23.2 Å². The largest absolute Gasteiger partial charge is 0.435 e. The Bertz CT molecular complexity index is 718. The number of rotatable bonds is 7. The normalized spacial score (nSPS) is 30.3. The fourth-order valence-electron chi connectivity index (χ4n) is 5.84. The maximum absolute atomic E-state index is 12.9. The highest BCUT2D eigenvalue weighted by molar-refractivity contribution is 5.91. The van der Waals surface area contributed by atoms with Gasteiger partial charge in [-0.3, -0.25) is 9.59 Å². The summed E-state index contributed by atoms with van der Waals surface area (Å²) in [5.74, 6) is 1.91. The molecule has 0 aliphatic heterocycles. The fraction of sp³-hybridized carbons (Fsp3) is 0.619. The van der Waals surface area contributed by atoms with E-state index >= 15 is 0 Å². The highest BCUT2D eigenvalue weighted by Crippen LogP contribution is 2.60. The molecule has 4 bridgehead atoms. The van der Waals surface area contributed by atoms with Crippen LogP contribution in [0.2, 0.25) is 0 Å². The predicted molar refractivity (Wildman–Crippen MR) is 99.9 cm³/mol. The van der Waals surface area contributed by atoms with Gasteiger partial charge < -0.3 is 15.4 Å². The van der Waals surface area contributed by atoms with Crippen molar-refractivity contribution >= 4 is 17.5 Å². The van der Waals surface area contributed by atoms with Gasteiger partial charge >= 0.3 is 6.61 Å². The van der Waals surface area contributed by atoms with Gasteiger partial charge in [-0.15, -0.1) is 0 Å². The SMILES string of the molecule is O=C(CCNC(=O)C12CC3CC(CC(C3)C1)C2)Nc1cccc(OC(F)F)c1. The summed E-state index contributed by atoms with van der Waals surface area (Å²) in [5.41, 5.74) is 0.169. The number of hydrogen-bond acceptors (Lipinski definition) is 3. The molecule has 4 aliphatic carbocycles. The average Bonchev–Trinajstić information content (AvgIpc) is 2.60. The molecule has 4 aliphatic rings. The van der Waals surface area contributed by atoms with Crippen molar-refractivity contribution in [2.75, 3.05) is 11.9 Å². The van der Waals surface area contributed by atoms with Crippen LogP contribution in [0.25, 0.3) is 0 Å². The molecule has 28 heavy (non-hydrogen) atoms. The quantitative estimate of drug-likeness (QED) is 0.738. The monoisotopic (exact) mass is 392 g/mol. The lowest BCUT2D eigenvalue weighted by atomic mass is 9.49. The zero-order chi connectivity index (χ0) is 19.7. The van der Waals surface area contributed by atoms with E-state index in [1.54, 1.807) is 6.07 Å². The Kier molecular flexibility index (Phi) is 5.25. The Morgan fingerprint density at radius 1 is 1.11 bits per heavy atom.